The zero-order valence-corrected chi connectivity index (χ0v) is 27.1. The third-order valence-electron chi connectivity index (χ3n) is 9.74. The number of benzene rings is 3. The molecule has 1 saturated carbocycles. The number of phenolic OH excluding ortho intramolecular Hbond substituents is 1. The molecule has 3 amide bonds. The average molecular weight is 656 g/mol. The smallest absolute Gasteiger partial charge is 0.411 e. The van der Waals surface area contributed by atoms with Crippen LogP contribution in [0, 0.1) is 5.92 Å². The summed E-state index contributed by atoms with van der Waals surface area (Å²) in [5.41, 5.74) is 4.55. The van der Waals surface area contributed by atoms with E-state index in [-0.39, 0.29) is 35.6 Å². The van der Waals surface area contributed by atoms with Gasteiger partial charge in [-0.3, -0.25) is 14.9 Å². The van der Waals surface area contributed by atoms with Crippen molar-refractivity contribution in [2.45, 2.75) is 63.2 Å². The van der Waals surface area contributed by atoms with Gasteiger partial charge in [-0.15, -0.1) is 0 Å². The largest absolute Gasteiger partial charge is 0.506 e. The molecule has 3 atom stereocenters. The summed E-state index contributed by atoms with van der Waals surface area (Å²) in [7, 11) is 0. The Morgan fingerprint density at radius 3 is 2.54 bits per heavy atom. The van der Waals surface area contributed by atoms with Crippen molar-refractivity contribution < 1.29 is 29.3 Å². The fourth-order valence-electron chi connectivity index (χ4n) is 7.09. The molecule has 0 spiro atoms. The standard InChI is InChI=1S/C37H45N5O6/c43-32-14-12-29(30-13-15-34(45)41-35(30)32)33(44)23-39-26-11-10-25(22-26)36(46)38-18-21-42-19-16-27(17-20-42)48-37(47)40-31-9-5-4-8-28(31)24-6-2-1-3-7-24/h1-9,12,14,25-27,33,39,43-44H,10-11,13,15-23H2,(H,38,46)(H,40,47)(H,41,45)/t25-,26+,33?/m1/s1. The van der Waals surface area contributed by atoms with Crippen molar-refractivity contribution in [2.75, 3.05) is 43.4 Å². The van der Waals surface area contributed by atoms with Crippen molar-refractivity contribution in [3.05, 3.63) is 77.9 Å². The van der Waals surface area contributed by atoms with Gasteiger partial charge in [0, 0.05) is 56.7 Å². The monoisotopic (exact) mass is 655 g/mol. The summed E-state index contributed by atoms with van der Waals surface area (Å²) in [6.45, 7) is 3.22. The minimum atomic E-state index is -0.789. The van der Waals surface area contributed by atoms with Crippen LogP contribution in [0.25, 0.3) is 11.1 Å². The van der Waals surface area contributed by atoms with E-state index in [1.807, 2.05) is 54.6 Å². The molecule has 1 aliphatic carbocycles. The second-order valence-electron chi connectivity index (χ2n) is 13.0. The van der Waals surface area contributed by atoms with Crippen molar-refractivity contribution in [1.82, 2.24) is 15.5 Å². The first kappa shape index (κ1) is 33.5. The number of nitrogens with zero attached hydrogens (tertiary/aromatic N) is 1. The number of nitrogens with one attached hydrogen (secondary N) is 4. The van der Waals surface area contributed by atoms with Crippen LogP contribution in [0.5, 0.6) is 5.75 Å². The Morgan fingerprint density at radius 2 is 1.73 bits per heavy atom. The van der Waals surface area contributed by atoms with Gasteiger partial charge in [-0.1, -0.05) is 54.6 Å². The third-order valence-corrected chi connectivity index (χ3v) is 9.74. The Hall–Kier alpha value is -4.45. The molecule has 6 rings (SSSR count). The maximum absolute atomic E-state index is 12.9. The second kappa shape index (κ2) is 15.6. The zero-order chi connectivity index (χ0) is 33.5. The summed E-state index contributed by atoms with van der Waals surface area (Å²) < 4.78 is 5.75. The zero-order valence-electron chi connectivity index (χ0n) is 27.1. The maximum atomic E-state index is 12.9. The van der Waals surface area contributed by atoms with E-state index < -0.39 is 12.2 Å². The number of para-hydroxylation sites is 1. The minimum absolute atomic E-state index is 0.00615. The Morgan fingerprint density at radius 1 is 0.958 bits per heavy atom. The summed E-state index contributed by atoms with van der Waals surface area (Å²) in [5.74, 6) is -0.141. The number of fused-ring (bicyclic) bond motifs is 1. The highest BCUT2D eigenvalue weighted by Crippen LogP contribution is 2.37. The minimum Gasteiger partial charge on any atom is -0.506 e. The fraction of sp³-hybridized carbons (Fsp3) is 0.432. The molecule has 1 unspecified atom stereocenters. The van der Waals surface area contributed by atoms with Crippen LogP contribution < -0.4 is 21.3 Å². The number of hydrogen-bond acceptors (Lipinski definition) is 8. The van der Waals surface area contributed by atoms with E-state index in [9.17, 15) is 24.6 Å². The lowest BCUT2D eigenvalue weighted by Crippen LogP contribution is -2.43. The number of likely N-dealkylation sites (tertiary alicyclic amines) is 1. The van der Waals surface area contributed by atoms with Crippen LogP contribution in [-0.2, 0) is 20.7 Å². The molecule has 0 aromatic heterocycles. The predicted octanol–water partition coefficient (Wildman–Crippen LogP) is 4.56. The normalized spacial score (nSPS) is 20.4. The molecule has 1 saturated heterocycles. The maximum Gasteiger partial charge on any atom is 0.411 e. The van der Waals surface area contributed by atoms with Crippen molar-refractivity contribution in [3.63, 3.8) is 0 Å². The van der Waals surface area contributed by atoms with Gasteiger partial charge in [0.1, 0.15) is 11.9 Å². The van der Waals surface area contributed by atoms with Gasteiger partial charge in [0.05, 0.1) is 17.5 Å². The van der Waals surface area contributed by atoms with Crippen molar-refractivity contribution in [1.29, 1.82) is 0 Å². The van der Waals surface area contributed by atoms with Gasteiger partial charge in [0.25, 0.3) is 0 Å². The van der Waals surface area contributed by atoms with Crippen molar-refractivity contribution in [3.8, 4) is 16.9 Å². The topological polar surface area (TPSA) is 152 Å². The summed E-state index contributed by atoms with van der Waals surface area (Å²) in [5, 5.41) is 33.2. The third kappa shape index (κ3) is 8.33. The molecule has 11 heteroatoms. The fourth-order valence-corrected chi connectivity index (χ4v) is 7.09. The van der Waals surface area contributed by atoms with Gasteiger partial charge in [0.15, 0.2) is 0 Å². The molecule has 2 heterocycles. The first-order valence-corrected chi connectivity index (χ1v) is 17.0. The molecule has 0 bridgehead atoms. The molecule has 254 valence electrons. The number of carbonyl (C=O) groups is 3. The van der Waals surface area contributed by atoms with Crippen LogP contribution in [-0.4, -0.2) is 77.9 Å². The van der Waals surface area contributed by atoms with E-state index in [0.717, 1.165) is 62.0 Å². The van der Waals surface area contributed by atoms with E-state index in [1.165, 1.54) is 6.07 Å². The van der Waals surface area contributed by atoms with Gasteiger partial charge in [-0.05, 0) is 67.3 Å². The molecule has 0 radical (unpaired) electrons. The lowest BCUT2D eigenvalue weighted by atomic mass is 9.93. The summed E-state index contributed by atoms with van der Waals surface area (Å²) in [6.07, 6.45) is 3.25. The Labute approximate surface area is 281 Å². The first-order valence-electron chi connectivity index (χ1n) is 17.0. The molecule has 48 heavy (non-hydrogen) atoms. The van der Waals surface area contributed by atoms with Crippen LogP contribution in [0.1, 0.15) is 55.8 Å². The first-order chi connectivity index (χ1) is 23.3. The van der Waals surface area contributed by atoms with Crippen molar-refractivity contribution in [2.24, 2.45) is 5.92 Å². The summed E-state index contributed by atoms with van der Waals surface area (Å²) in [6, 6.07) is 21.0. The number of aromatic hydroxyl groups is 1. The number of aliphatic hydroxyl groups excluding tert-OH is 1. The second-order valence-corrected chi connectivity index (χ2v) is 13.0. The van der Waals surface area contributed by atoms with E-state index in [1.54, 1.807) is 6.07 Å². The highest BCUT2D eigenvalue weighted by Gasteiger charge is 2.31. The number of hydrogen-bond donors (Lipinski definition) is 6. The average Bonchev–Trinajstić information content (AvgIpc) is 3.58. The van der Waals surface area contributed by atoms with E-state index in [2.05, 4.69) is 26.2 Å². The van der Waals surface area contributed by atoms with E-state index in [0.29, 0.717) is 49.3 Å². The van der Waals surface area contributed by atoms with Gasteiger partial charge in [0.2, 0.25) is 11.8 Å². The molecule has 2 fully saturated rings. The lowest BCUT2D eigenvalue weighted by Gasteiger charge is -2.31. The molecule has 3 aromatic carbocycles. The van der Waals surface area contributed by atoms with Crippen LogP contribution in [0.15, 0.2) is 66.7 Å². The van der Waals surface area contributed by atoms with Gasteiger partial charge < -0.3 is 35.8 Å². The number of carbonyl (C=O) groups excluding carboxylic acids is 3. The van der Waals surface area contributed by atoms with Crippen molar-refractivity contribution >= 4 is 29.3 Å². The van der Waals surface area contributed by atoms with Gasteiger partial charge >= 0.3 is 6.09 Å². The number of anilines is 2. The highest BCUT2D eigenvalue weighted by atomic mass is 16.6. The number of piperidine rings is 1. The predicted molar refractivity (Wildman–Crippen MR) is 184 cm³/mol. The number of ether oxygens (including phenoxy) is 1. The molecular formula is C37H45N5O6. The molecule has 2 aliphatic heterocycles. The number of phenols is 1. The van der Waals surface area contributed by atoms with Crippen LogP contribution >= 0.6 is 0 Å². The molecule has 3 aliphatic rings. The van der Waals surface area contributed by atoms with Gasteiger partial charge in [-0.2, -0.15) is 0 Å². The quantitative estimate of drug-likeness (QED) is 0.165. The Balaban J connectivity index is 0.870. The molecule has 6 N–H and O–H groups in total. The Bertz CT molecular complexity index is 1590. The summed E-state index contributed by atoms with van der Waals surface area (Å²) >= 11 is 0. The lowest BCUT2D eigenvalue weighted by molar-refractivity contribution is -0.125. The van der Waals surface area contributed by atoms with Gasteiger partial charge in [-0.25, -0.2) is 4.79 Å². The number of aliphatic hydroxyl groups is 1. The highest BCUT2D eigenvalue weighted by molar-refractivity contribution is 5.96. The molecule has 3 aromatic rings. The SMILES string of the molecule is O=C1CCc2c(C(O)CN[C@H]3CC[C@@H](C(=O)NCCN4CCC(OC(=O)Nc5ccccc5-c5ccccc5)CC4)C3)ccc(O)c2N1. The van der Waals surface area contributed by atoms with Crippen LogP contribution in [0.3, 0.4) is 0 Å². The van der Waals surface area contributed by atoms with E-state index >= 15 is 0 Å². The molecule has 11 nitrogen and oxygen atoms in total. The molecular weight excluding hydrogens is 610 g/mol. The van der Waals surface area contributed by atoms with Crippen LogP contribution in [0.2, 0.25) is 0 Å². The Kier molecular flexibility index (Phi) is 10.9. The van der Waals surface area contributed by atoms with E-state index in [4.69, 9.17) is 4.74 Å². The summed E-state index contributed by atoms with van der Waals surface area (Å²) in [4.78, 5) is 39.7. The van der Waals surface area contributed by atoms with Crippen LogP contribution in [0.4, 0.5) is 16.2 Å². The number of rotatable bonds is 11. The number of amides is 3.